The van der Waals surface area contributed by atoms with Gasteiger partial charge in [-0.25, -0.2) is 0 Å². The molecule has 2 aromatic rings. The Morgan fingerprint density at radius 1 is 0.857 bits per heavy atom. The molecule has 5 rings (SSSR count). The number of methoxy groups -OCH3 is 2. The second-order valence-electron chi connectivity index (χ2n) is 9.94. The summed E-state index contributed by atoms with van der Waals surface area (Å²) >= 11 is 0. The number of amides is 2. The summed E-state index contributed by atoms with van der Waals surface area (Å²) in [5.41, 5.74) is 3.43. The fourth-order valence-corrected chi connectivity index (χ4v) is 5.59. The van der Waals surface area contributed by atoms with Gasteiger partial charge >= 0.3 is 0 Å². The smallest absolute Gasteiger partial charge is 0.228 e. The van der Waals surface area contributed by atoms with Crippen LogP contribution in [0.5, 0.6) is 11.5 Å². The predicted octanol–water partition coefficient (Wildman–Crippen LogP) is 3.31. The van der Waals surface area contributed by atoms with Gasteiger partial charge in [0.1, 0.15) is 11.5 Å². The fourth-order valence-electron chi connectivity index (χ4n) is 5.59. The Balaban J connectivity index is 1.36. The van der Waals surface area contributed by atoms with Gasteiger partial charge in [-0.2, -0.15) is 0 Å². The first-order chi connectivity index (χ1) is 17.0. The Kier molecular flexibility index (Phi) is 6.58. The van der Waals surface area contributed by atoms with Crippen LogP contribution in [0.3, 0.4) is 0 Å². The summed E-state index contributed by atoms with van der Waals surface area (Å²) in [7, 11) is 3.29. The predicted molar refractivity (Wildman–Crippen MR) is 135 cm³/mol. The third-order valence-corrected chi connectivity index (χ3v) is 7.76. The van der Waals surface area contributed by atoms with Crippen LogP contribution in [0.1, 0.15) is 29.9 Å². The zero-order valence-corrected chi connectivity index (χ0v) is 20.9. The van der Waals surface area contributed by atoms with Crippen molar-refractivity contribution in [3.05, 3.63) is 53.6 Å². The van der Waals surface area contributed by atoms with E-state index >= 15 is 0 Å². The maximum atomic E-state index is 13.9. The molecule has 2 atom stereocenters. The summed E-state index contributed by atoms with van der Waals surface area (Å²) in [6, 6.07) is 14.1. The first kappa shape index (κ1) is 23.5. The number of carbonyl (C=O) groups excluding carboxylic acids is 2. The van der Waals surface area contributed by atoms with Crippen molar-refractivity contribution >= 4 is 17.5 Å². The summed E-state index contributed by atoms with van der Waals surface area (Å²) in [5.74, 6) is 1.51. The molecule has 7 nitrogen and oxygen atoms in total. The summed E-state index contributed by atoms with van der Waals surface area (Å²) in [6.45, 7) is 6.12. The Morgan fingerprint density at radius 2 is 1.60 bits per heavy atom. The van der Waals surface area contributed by atoms with Crippen LogP contribution < -0.4 is 14.4 Å². The van der Waals surface area contributed by atoms with Crippen molar-refractivity contribution in [2.24, 2.45) is 11.8 Å². The van der Waals surface area contributed by atoms with E-state index in [0.717, 1.165) is 43.0 Å². The Labute approximate surface area is 207 Å². The molecule has 1 aliphatic carbocycles. The third kappa shape index (κ3) is 4.68. The minimum Gasteiger partial charge on any atom is -0.497 e. The second-order valence-corrected chi connectivity index (χ2v) is 9.94. The minimum atomic E-state index is -0.288. The quantitative estimate of drug-likeness (QED) is 0.639. The number of piperazine rings is 1. The molecule has 0 unspecified atom stereocenters. The zero-order valence-electron chi connectivity index (χ0n) is 20.9. The minimum absolute atomic E-state index is 0.121. The molecule has 0 radical (unpaired) electrons. The van der Waals surface area contributed by atoms with E-state index < -0.39 is 0 Å². The lowest BCUT2D eigenvalue weighted by Gasteiger charge is -2.38. The van der Waals surface area contributed by atoms with Gasteiger partial charge in [0.25, 0.3) is 0 Å². The second kappa shape index (κ2) is 9.80. The van der Waals surface area contributed by atoms with Crippen molar-refractivity contribution < 1.29 is 19.1 Å². The van der Waals surface area contributed by atoms with Crippen LogP contribution in [0.2, 0.25) is 0 Å². The van der Waals surface area contributed by atoms with Crippen molar-refractivity contribution in [1.82, 2.24) is 9.80 Å². The number of anilines is 1. The van der Waals surface area contributed by atoms with Gasteiger partial charge in [-0.1, -0.05) is 18.2 Å². The van der Waals surface area contributed by atoms with E-state index in [9.17, 15) is 9.59 Å². The van der Waals surface area contributed by atoms with Crippen molar-refractivity contribution in [1.29, 1.82) is 0 Å². The average Bonchev–Trinajstić information content (AvgIpc) is 3.66. The molecule has 0 bridgehead atoms. The van der Waals surface area contributed by atoms with Gasteiger partial charge < -0.3 is 24.2 Å². The SMILES string of the molecule is COc1ccc(OC)c([C@H]2CN(C(=O)C3CC3)C[C@H]2C(=O)N2CCN(c3ccccc3C)CC2)c1. The van der Waals surface area contributed by atoms with Crippen molar-refractivity contribution in [2.45, 2.75) is 25.7 Å². The Hall–Kier alpha value is -3.22. The lowest BCUT2D eigenvalue weighted by Crippen LogP contribution is -2.51. The monoisotopic (exact) mass is 477 g/mol. The Morgan fingerprint density at radius 3 is 2.26 bits per heavy atom. The first-order valence-electron chi connectivity index (χ1n) is 12.6. The normalized spacial score (nSPS) is 22.3. The van der Waals surface area contributed by atoms with E-state index in [1.54, 1.807) is 14.2 Å². The van der Waals surface area contributed by atoms with Crippen molar-refractivity contribution in [3.8, 4) is 11.5 Å². The van der Waals surface area contributed by atoms with E-state index in [-0.39, 0.29) is 29.6 Å². The van der Waals surface area contributed by atoms with Gasteiger partial charge in [-0.3, -0.25) is 9.59 Å². The molecule has 3 fully saturated rings. The number of ether oxygens (including phenoxy) is 2. The van der Waals surface area contributed by atoms with Crippen molar-refractivity contribution in [3.63, 3.8) is 0 Å². The molecule has 0 aromatic heterocycles. The molecule has 7 heteroatoms. The van der Waals surface area contributed by atoms with E-state index in [1.807, 2.05) is 28.0 Å². The summed E-state index contributed by atoms with van der Waals surface area (Å²) < 4.78 is 11.1. The summed E-state index contributed by atoms with van der Waals surface area (Å²) in [6.07, 6.45) is 1.92. The first-order valence-corrected chi connectivity index (χ1v) is 12.6. The maximum Gasteiger partial charge on any atom is 0.228 e. The maximum absolute atomic E-state index is 13.9. The van der Waals surface area contributed by atoms with E-state index in [0.29, 0.717) is 26.2 Å². The number of hydrogen-bond donors (Lipinski definition) is 0. The summed E-state index contributed by atoms with van der Waals surface area (Å²) in [4.78, 5) is 33.1. The number of nitrogens with zero attached hydrogens (tertiary/aromatic N) is 3. The van der Waals surface area contributed by atoms with Gasteiger partial charge in [0.2, 0.25) is 11.8 Å². The van der Waals surface area contributed by atoms with Crippen LogP contribution in [-0.2, 0) is 9.59 Å². The highest BCUT2D eigenvalue weighted by atomic mass is 16.5. The van der Waals surface area contributed by atoms with Crippen LogP contribution in [0, 0.1) is 18.8 Å². The number of hydrogen-bond acceptors (Lipinski definition) is 5. The number of para-hydroxylation sites is 1. The topological polar surface area (TPSA) is 62.3 Å². The largest absolute Gasteiger partial charge is 0.497 e. The molecule has 186 valence electrons. The molecule has 2 amide bonds. The number of carbonyl (C=O) groups is 2. The van der Waals surface area contributed by atoms with Crippen LogP contribution in [0.4, 0.5) is 5.69 Å². The van der Waals surface area contributed by atoms with Crippen LogP contribution in [-0.4, -0.2) is 75.1 Å². The van der Waals surface area contributed by atoms with E-state index in [4.69, 9.17) is 9.47 Å². The van der Waals surface area contributed by atoms with Crippen LogP contribution >= 0.6 is 0 Å². The number of rotatable bonds is 6. The molecule has 2 aromatic carbocycles. The highest BCUT2D eigenvalue weighted by Gasteiger charge is 2.46. The number of likely N-dealkylation sites (tertiary alicyclic amines) is 1. The van der Waals surface area contributed by atoms with E-state index in [2.05, 4.69) is 36.1 Å². The molecule has 2 aliphatic heterocycles. The lowest BCUT2D eigenvalue weighted by molar-refractivity contribution is -0.136. The lowest BCUT2D eigenvalue weighted by atomic mass is 9.87. The van der Waals surface area contributed by atoms with Crippen molar-refractivity contribution in [2.75, 3.05) is 58.4 Å². The van der Waals surface area contributed by atoms with Gasteiger partial charge in [0.15, 0.2) is 0 Å². The van der Waals surface area contributed by atoms with Gasteiger partial charge in [0, 0.05) is 62.4 Å². The third-order valence-electron chi connectivity index (χ3n) is 7.76. The van der Waals surface area contributed by atoms with Gasteiger partial charge in [0.05, 0.1) is 20.1 Å². The molecule has 35 heavy (non-hydrogen) atoms. The van der Waals surface area contributed by atoms with Gasteiger partial charge in [-0.05, 0) is 49.6 Å². The van der Waals surface area contributed by atoms with Crippen LogP contribution in [0.25, 0.3) is 0 Å². The molecule has 0 N–H and O–H groups in total. The molecule has 0 spiro atoms. The average molecular weight is 478 g/mol. The molecular weight excluding hydrogens is 442 g/mol. The molecule has 2 saturated heterocycles. The molecular formula is C28H35N3O4. The zero-order chi connectivity index (χ0) is 24.5. The standard InChI is InChI=1S/C28H35N3O4/c1-19-6-4-5-7-25(19)29-12-14-30(15-13-29)28(33)24-18-31(27(32)20-8-9-20)17-23(24)22-16-21(34-2)10-11-26(22)35-3/h4-7,10-11,16,20,23-24H,8-9,12-15,17-18H2,1-3H3/t23-,24-/m1/s1. The molecule has 1 saturated carbocycles. The Bertz CT molecular complexity index is 1090. The number of aryl methyl sites for hydroxylation is 1. The fraction of sp³-hybridized carbons (Fsp3) is 0.500. The van der Waals surface area contributed by atoms with Crippen LogP contribution in [0.15, 0.2) is 42.5 Å². The summed E-state index contributed by atoms with van der Waals surface area (Å²) in [5, 5.41) is 0. The van der Waals surface area contributed by atoms with E-state index in [1.165, 1.54) is 11.3 Å². The highest BCUT2D eigenvalue weighted by Crippen LogP contribution is 2.42. The van der Waals surface area contributed by atoms with Gasteiger partial charge in [-0.15, -0.1) is 0 Å². The molecule has 2 heterocycles. The highest BCUT2D eigenvalue weighted by molar-refractivity contribution is 5.85. The number of benzene rings is 2. The molecule has 3 aliphatic rings.